The van der Waals surface area contributed by atoms with Gasteiger partial charge in [-0.05, 0) is 41.4 Å². The van der Waals surface area contributed by atoms with Crippen LogP contribution in [0.2, 0.25) is 0 Å². The lowest BCUT2D eigenvalue weighted by atomic mass is 10.1. The first-order valence-corrected chi connectivity index (χ1v) is 7.00. The van der Waals surface area contributed by atoms with E-state index in [9.17, 15) is 14.9 Å². The van der Waals surface area contributed by atoms with Gasteiger partial charge in [-0.1, -0.05) is 13.8 Å². The summed E-state index contributed by atoms with van der Waals surface area (Å²) in [6.07, 6.45) is 2.64. The van der Waals surface area contributed by atoms with E-state index >= 15 is 0 Å². The first-order valence-electron chi connectivity index (χ1n) is 6.20. The van der Waals surface area contributed by atoms with E-state index in [0.29, 0.717) is 11.0 Å². The molecule has 0 fully saturated rings. The standard InChI is InChI=1S/C12H18BrN3O3/c1-3-4-14-6-9(2)7-15-8-10(13)5-11(12(15)17)16(18)19/h5,8-9,14H,3-4,6-7H2,1-2H3. The van der Waals surface area contributed by atoms with Crippen LogP contribution >= 0.6 is 15.9 Å². The van der Waals surface area contributed by atoms with Crippen LogP contribution in [-0.2, 0) is 6.54 Å². The van der Waals surface area contributed by atoms with E-state index in [1.54, 1.807) is 6.20 Å². The normalized spacial score (nSPS) is 12.4. The Labute approximate surface area is 120 Å². The fraction of sp³-hybridized carbons (Fsp3) is 0.583. The van der Waals surface area contributed by atoms with Gasteiger partial charge in [0.2, 0.25) is 0 Å². The maximum atomic E-state index is 11.9. The molecule has 106 valence electrons. The highest BCUT2D eigenvalue weighted by atomic mass is 79.9. The van der Waals surface area contributed by atoms with Crippen molar-refractivity contribution in [3.8, 4) is 0 Å². The molecule has 1 heterocycles. The first-order chi connectivity index (χ1) is 8.95. The highest BCUT2D eigenvalue weighted by Crippen LogP contribution is 2.14. The largest absolute Gasteiger partial charge is 0.335 e. The van der Waals surface area contributed by atoms with Crippen LogP contribution in [0.3, 0.4) is 0 Å². The first kappa shape index (κ1) is 15.8. The van der Waals surface area contributed by atoms with Gasteiger partial charge in [-0.15, -0.1) is 0 Å². The average Bonchev–Trinajstić information content (AvgIpc) is 2.33. The number of aromatic nitrogens is 1. The molecular weight excluding hydrogens is 314 g/mol. The van der Waals surface area contributed by atoms with Gasteiger partial charge in [-0.3, -0.25) is 14.9 Å². The highest BCUT2D eigenvalue weighted by molar-refractivity contribution is 9.10. The number of hydrogen-bond donors (Lipinski definition) is 1. The Balaban J connectivity index is 2.83. The predicted octanol–water partition coefficient (Wildman–Crippen LogP) is 2.15. The van der Waals surface area contributed by atoms with Crippen LogP contribution in [0.25, 0.3) is 0 Å². The molecule has 1 aromatic rings. The SMILES string of the molecule is CCCNCC(C)Cn1cc(Br)cc([N+](=O)[O-])c1=O. The van der Waals surface area contributed by atoms with Gasteiger partial charge in [0.05, 0.1) is 4.92 Å². The summed E-state index contributed by atoms with van der Waals surface area (Å²) < 4.78 is 1.92. The summed E-state index contributed by atoms with van der Waals surface area (Å²) in [5, 5.41) is 14.0. The molecule has 1 unspecified atom stereocenters. The molecule has 6 nitrogen and oxygen atoms in total. The molecule has 0 aliphatic rings. The summed E-state index contributed by atoms with van der Waals surface area (Å²) in [4.78, 5) is 22.0. The van der Waals surface area contributed by atoms with E-state index in [4.69, 9.17) is 0 Å². The van der Waals surface area contributed by atoms with E-state index < -0.39 is 16.2 Å². The fourth-order valence-corrected chi connectivity index (χ4v) is 2.24. The summed E-state index contributed by atoms with van der Waals surface area (Å²) in [6, 6.07) is 1.23. The van der Waals surface area contributed by atoms with E-state index in [1.807, 2.05) is 6.92 Å². The zero-order valence-electron chi connectivity index (χ0n) is 11.1. The summed E-state index contributed by atoms with van der Waals surface area (Å²) in [5.74, 6) is 0.221. The molecule has 1 aromatic heterocycles. The second-order valence-corrected chi connectivity index (χ2v) is 5.48. The zero-order valence-corrected chi connectivity index (χ0v) is 12.6. The monoisotopic (exact) mass is 331 g/mol. The van der Waals surface area contributed by atoms with Crippen LogP contribution in [0, 0.1) is 16.0 Å². The van der Waals surface area contributed by atoms with Gasteiger partial charge >= 0.3 is 11.2 Å². The fourth-order valence-electron chi connectivity index (χ4n) is 1.78. The molecule has 0 spiro atoms. The lowest BCUT2D eigenvalue weighted by Gasteiger charge is -2.14. The maximum absolute atomic E-state index is 11.9. The van der Waals surface area contributed by atoms with Crippen LogP contribution in [0.5, 0.6) is 0 Å². The molecule has 1 atom stereocenters. The number of halogens is 1. The van der Waals surface area contributed by atoms with Crippen molar-refractivity contribution in [3.63, 3.8) is 0 Å². The molecule has 1 N–H and O–H groups in total. The average molecular weight is 332 g/mol. The van der Waals surface area contributed by atoms with Crippen molar-refractivity contribution < 1.29 is 4.92 Å². The number of nitro groups is 1. The smallest absolute Gasteiger partial charge is 0.316 e. The van der Waals surface area contributed by atoms with Crippen molar-refractivity contribution >= 4 is 21.6 Å². The van der Waals surface area contributed by atoms with E-state index in [0.717, 1.165) is 19.5 Å². The Hall–Kier alpha value is -1.21. The van der Waals surface area contributed by atoms with Gasteiger partial charge in [-0.2, -0.15) is 0 Å². The van der Waals surface area contributed by atoms with Crippen LogP contribution in [-0.4, -0.2) is 22.6 Å². The number of nitrogens with zero attached hydrogens (tertiary/aromatic N) is 2. The molecule has 0 amide bonds. The maximum Gasteiger partial charge on any atom is 0.335 e. The molecule has 0 aromatic carbocycles. The third-order valence-electron chi connectivity index (χ3n) is 2.66. The van der Waals surface area contributed by atoms with Gasteiger partial charge < -0.3 is 9.88 Å². The molecule has 19 heavy (non-hydrogen) atoms. The van der Waals surface area contributed by atoms with Gasteiger partial charge in [0.1, 0.15) is 0 Å². The number of hydrogen-bond acceptors (Lipinski definition) is 4. The third kappa shape index (κ3) is 4.76. The molecule has 0 saturated heterocycles. The molecule has 7 heteroatoms. The van der Waals surface area contributed by atoms with Gasteiger partial charge in [0.25, 0.3) is 0 Å². The summed E-state index contributed by atoms with van der Waals surface area (Å²) in [6.45, 7) is 6.25. The molecule has 0 radical (unpaired) electrons. The molecular formula is C12H18BrN3O3. The molecule has 0 aliphatic heterocycles. The van der Waals surface area contributed by atoms with E-state index in [-0.39, 0.29) is 5.92 Å². The van der Waals surface area contributed by atoms with Gasteiger partial charge in [0, 0.05) is 23.3 Å². The predicted molar refractivity (Wildman–Crippen MR) is 77.4 cm³/mol. The van der Waals surface area contributed by atoms with Crippen molar-refractivity contribution in [1.82, 2.24) is 9.88 Å². The Morgan fingerprint density at radius 3 is 2.84 bits per heavy atom. The Morgan fingerprint density at radius 2 is 2.26 bits per heavy atom. The zero-order chi connectivity index (χ0) is 14.4. The van der Waals surface area contributed by atoms with Gasteiger partial charge in [-0.25, -0.2) is 0 Å². The minimum atomic E-state index is -0.649. The number of pyridine rings is 1. The van der Waals surface area contributed by atoms with Crippen molar-refractivity contribution in [1.29, 1.82) is 0 Å². The molecule has 0 bridgehead atoms. The van der Waals surface area contributed by atoms with Crippen LogP contribution < -0.4 is 10.9 Å². The van der Waals surface area contributed by atoms with Crippen LogP contribution in [0.4, 0.5) is 5.69 Å². The second-order valence-electron chi connectivity index (χ2n) is 4.57. The van der Waals surface area contributed by atoms with Gasteiger partial charge in [0.15, 0.2) is 0 Å². The van der Waals surface area contributed by atoms with E-state index in [2.05, 4.69) is 28.2 Å². The topological polar surface area (TPSA) is 77.2 Å². The van der Waals surface area contributed by atoms with Crippen molar-refractivity contribution in [2.45, 2.75) is 26.8 Å². The quantitative estimate of drug-likeness (QED) is 0.471. The lowest BCUT2D eigenvalue weighted by Crippen LogP contribution is -2.29. The van der Waals surface area contributed by atoms with Crippen LogP contribution in [0.1, 0.15) is 20.3 Å². The lowest BCUT2D eigenvalue weighted by molar-refractivity contribution is -0.386. The molecule has 0 saturated carbocycles. The minimum absolute atomic E-state index is 0.221. The summed E-state index contributed by atoms with van der Waals surface area (Å²) in [5.41, 5.74) is -0.960. The Kier molecular flexibility index (Phi) is 6.17. The highest BCUT2D eigenvalue weighted by Gasteiger charge is 2.16. The minimum Gasteiger partial charge on any atom is -0.316 e. The molecule has 0 aliphatic carbocycles. The number of nitrogens with one attached hydrogen (secondary N) is 1. The summed E-state index contributed by atoms with van der Waals surface area (Å²) in [7, 11) is 0. The van der Waals surface area contributed by atoms with Crippen molar-refractivity contribution in [2.75, 3.05) is 13.1 Å². The van der Waals surface area contributed by atoms with Crippen molar-refractivity contribution in [3.05, 3.63) is 37.2 Å². The summed E-state index contributed by atoms with van der Waals surface area (Å²) >= 11 is 3.19. The Morgan fingerprint density at radius 1 is 1.58 bits per heavy atom. The third-order valence-corrected chi connectivity index (χ3v) is 3.09. The second kappa shape index (κ2) is 7.40. The Bertz CT molecular complexity index is 501. The van der Waals surface area contributed by atoms with Crippen molar-refractivity contribution in [2.24, 2.45) is 5.92 Å². The van der Waals surface area contributed by atoms with E-state index in [1.165, 1.54) is 10.6 Å². The molecule has 1 rings (SSSR count). The number of rotatable bonds is 7. The van der Waals surface area contributed by atoms with Crippen LogP contribution in [0.15, 0.2) is 21.5 Å².